The van der Waals surface area contributed by atoms with Crippen LogP contribution in [0.15, 0.2) is 59.4 Å². The Morgan fingerprint density at radius 3 is 2.19 bits per heavy atom. The summed E-state index contributed by atoms with van der Waals surface area (Å²) in [4.78, 5) is 30.8. The number of anilines is 2. The van der Waals surface area contributed by atoms with Gasteiger partial charge in [-0.3, -0.25) is 19.2 Å². The zero-order valence-corrected chi connectivity index (χ0v) is 20.1. The molecule has 0 saturated carbocycles. The minimum Gasteiger partial charge on any atom is -0.372 e. The first kappa shape index (κ1) is 22.3. The van der Waals surface area contributed by atoms with Crippen molar-refractivity contribution in [2.75, 3.05) is 22.9 Å². The molecule has 0 spiro atoms. The zero-order valence-electron chi connectivity index (χ0n) is 19.3. The summed E-state index contributed by atoms with van der Waals surface area (Å²) in [5, 5.41) is -0.451. The average molecular weight is 451 g/mol. The Hall–Kier alpha value is -2.93. The number of hydrogen-bond donors (Lipinski definition) is 0. The Labute approximate surface area is 193 Å². The number of nitrogens with zero attached hydrogens (tertiary/aromatic N) is 4. The van der Waals surface area contributed by atoms with E-state index in [2.05, 4.69) is 43.0 Å². The number of rotatable bonds is 6. The summed E-state index contributed by atoms with van der Waals surface area (Å²) in [5.41, 5.74) is 4.01. The van der Waals surface area contributed by atoms with Gasteiger partial charge in [0.25, 0.3) is 5.56 Å². The Morgan fingerprint density at radius 2 is 1.59 bits per heavy atom. The summed E-state index contributed by atoms with van der Waals surface area (Å²) in [6.45, 7) is 9.98. The predicted octanol–water partition coefficient (Wildman–Crippen LogP) is 4.50. The summed E-state index contributed by atoms with van der Waals surface area (Å²) in [7, 11) is 1.86. The molecule has 32 heavy (non-hydrogen) atoms. The highest BCUT2D eigenvalue weighted by atomic mass is 32.2. The third-order valence-electron chi connectivity index (χ3n) is 6.22. The van der Waals surface area contributed by atoms with E-state index in [1.807, 2.05) is 55.9 Å². The third kappa shape index (κ3) is 3.64. The van der Waals surface area contributed by atoms with E-state index in [0.717, 1.165) is 35.7 Å². The molecule has 3 aromatic rings. The van der Waals surface area contributed by atoms with Crippen molar-refractivity contribution in [3.05, 3.63) is 76.2 Å². The first-order chi connectivity index (χ1) is 15.4. The molecular weight excluding hydrogens is 420 g/mol. The average Bonchev–Trinajstić information content (AvgIpc) is 3.21. The molecule has 0 N–H and O–H groups in total. The van der Waals surface area contributed by atoms with Crippen LogP contribution in [0.1, 0.15) is 37.4 Å². The van der Waals surface area contributed by atoms with E-state index in [1.165, 1.54) is 0 Å². The molecule has 1 saturated heterocycles. The number of hydrogen-bond acceptors (Lipinski definition) is 4. The molecule has 1 aromatic heterocycles. The molecule has 6 nitrogen and oxygen atoms in total. The summed E-state index contributed by atoms with van der Waals surface area (Å²) in [6, 6.07) is 17.9. The molecule has 0 aliphatic carbocycles. The number of benzene rings is 2. The van der Waals surface area contributed by atoms with Gasteiger partial charge in [0.2, 0.25) is 5.91 Å². The van der Waals surface area contributed by atoms with E-state index in [4.69, 9.17) is 0 Å². The largest absolute Gasteiger partial charge is 0.372 e. The Balaban J connectivity index is 1.79. The Kier molecular flexibility index (Phi) is 6.20. The normalized spacial score (nSPS) is 18.4. The van der Waals surface area contributed by atoms with Crippen molar-refractivity contribution in [3.63, 3.8) is 0 Å². The van der Waals surface area contributed by atoms with Crippen LogP contribution in [0.4, 0.5) is 11.4 Å². The monoisotopic (exact) mass is 450 g/mol. The molecular formula is C25H30N4O2S. The highest BCUT2D eigenvalue weighted by Gasteiger charge is 2.42. The van der Waals surface area contributed by atoms with Gasteiger partial charge in [-0.25, -0.2) is 4.68 Å². The highest BCUT2D eigenvalue weighted by molar-refractivity contribution is 8.01. The van der Waals surface area contributed by atoms with E-state index in [9.17, 15) is 9.59 Å². The van der Waals surface area contributed by atoms with Crippen molar-refractivity contribution < 1.29 is 4.79 Å². The zero-order chi connectivity index (χ0) is 23.0. The van der Waals surface area contributed by atoms with Crippen LogP contribution in [0.2, 0.25) is 0 Å². The van der Waals surface area contributed by atoms with Gasteiger partial charge >= 0.3 is 0 Å². The van der Waals surface area contributed by atoms with Crippen molar-refractivity contribution in [1.82, 2.24) is 9.36 Å². The van der Waals surface area contributed by atoms with E-state index >= 15 is 0 Å². The van der Waals surface area contributed by atoms with Gasteiger partial charge in [-0.2, -0.15) is 0 Å². The molecule has 2 heterocycles. The van der Waals surface area contributed by atoms with Gasteiger partial charge < -0.3 is 4.90 Å². The second-order valence-corrected chi connectivity index (χ2v) is 9.44. The van der Waals surface area contributed by atoms with Gasteiger partial charge in [-0.1, -0.05) is 30.3 Å². The van der Waals surface area contributed by atoms with Gasteiger partial charge in [-0.15, -0.1) is 11.8 Å². The summed E-state index contributed by atoms with van der Waals surface area (Å²) < 4.78 is 3.46. The number of amides is 1. The fourth-order valence-corrected chi connectivity index (χ4v) is 5.61. The van der Waals surface area contributed by atoms with Crippen LogP contribution in [-0.2, 0) is 11.8 Å². The minimum absolute atomic E-state index is 0.0289. The maximum absolute atomic E-state index is 13.6. The van der Waals surface area contributed by atoms with Crippen LogP contribution in [0, 0.1) is 6.92 Å². The standard InChI is InChI=1S/C25H30N4O2S/c1-6-27(7-2)20-15-13-19(14-16-20)25-28(23(30)18(4)32-25)22-17(3)26(5)29(24(22)31)21-11-9-8-10-12-21/h8-16,18,25H,6-7H2,1-5H3/t18-,25-/m0/s1. The summed E-state index contributed by atoms with van der Waals surface area (Å²) in [5.74, 6) is -0.0289. The van der Waals surface area contributed by atoms with Crippen LogP contribution in [-0.4, -0.2) is 33.6 Å². The summed E-state index contributed by atoms with van der Waals surface area (Å²) >= 11 is 1.59. The number of aromatic nitrogens is 2. The third-order valence-corrected chi connectivity index (χ3v) is 7.57. The van der Waals surface area contributed by atoms with Gasteiger partial charge in [0.1, 0.15) is 11.1 Å². The van der Waals surface area contributed by atoms with Crippen molar-refractivity contribution in [2.24, 2.45) is 7.05 Å². The van der Waals surface area contributed by atoms with E-state index in [0.29, 0.717) is 5.69 Å². The smallest absolute Gasteiger partial charge is 0.295 e. The summed E-state index contributed by atoms with van der Waals surface area (Å²) in [6.07, 6.45) is 0. The molecule has 1 amide bonds. The van der Waals surface area contributed by atoms with Crippen molar-refractivity contribution >= 4 is 29.0 Å². The fraction of sp³-hybridized carbons (Fsp3) is 0.360. The van der Waals surface area contributed by atoms with Gasteiger partial charge in [0.05, 0.1) is 16.6 Å². The quantitative estimate of drug-likeness (QED) is 0.555. The predicted molar refractivity (Wildman–Crippen MR) is 133 cm³/mol. The van der Waals surface area contributed by atoms with E-state index in [1.54, 1.807) is 21.3 Å². The maximum atomic E-state index is 13.6. The van der Waals surface area contributed by atoms with Crippen molar-refractivity contribution in [2.45, 2.75) is 38.3 Å². The van der Waals surface area contributed by atoms with Gasteiger partial charge in [0.15, 0.2) is 0 Å². The Morgan fingerprint density at radius 1 is 0.969 bits per heavy atom. The molecule has 168 valence electrons. The van der Waals surface area contributed by atoms with Gasteiger partial charge in [0, 0.05) is 25.8 Å². The molecule has 0 unspecified atom stereocenters. The second kappa shape index (κ2) is 8.90. The molecule has 1 fully saturated rings. The lowest BCUT2D eigenvalue weighted by atomic mass is 10.1. The highest BCUT2D eigenvalue weighted by Crippen LogP contribution is 2.45. The van der Waals surface area contributed by atoms with Crippen LogP contribution < -0.4 is 15.4 Å². The lowest BCUT2D eigenvalue weighted by molar-refractivity contribution is -0.117. The van der Waals surface area contributed by atoms with E-state index < -0.39 is 0 Å². The van der Waals surface area contributed by atoms with Crippen LogP contribution >= 0.6 is 11.8 Å². The van der Waals surface area contributed by atoms with Gasteiger partial charge in [-0.05, 0) is 57.5 Å². The minimum atomic E-state index is -0.235. The Bertz CT molecular complexity index is 1160. The van der Waals surface area contributed by atoms with Crippen molar-refractivity contribution in [3.8, 4) is 5.69 Å². The molecule has 4 rings (SSSR count). The molecule has 2 aromatic carbocycles. The molecule has 0 radical (unpaired) electrons. The van der Waals surface area contributed by atoms with E-state index in [-0.39, 0.29) is 22.1 Å². The number of para-hydroxylation sites is 1. The fourth-order valence-electron chi connectivity index (χ4n) is 4.35. The van der Waals surface area contributed by atoms with Crippen molar-refractivity contribution in [1.29, 1.82) is 0 Å². The molecule has 1 aliphatic rings. The lowest BCUT2D eigenvalue weighted by Crippen LogP contribution is -2.34. The van der Waals surface area contributed by atoms with Crippen LogP contribution in [0.25, 0.3) is 5.69 Å². The topological polar surface area (TPSA) is 50.5 Å². The second-order valence-electron chi connectivity index (χ2n) is 8.01. The van der Waals surface area contributed by atoms with Crippen LogP contribution in [0.3, 0.4) is 0 Å². The SMILES string of the molecule is CCN(CC)c1ccc([C@@H]2S[C@@H](C)C(=O)N2c2c(C)n(C)n(-c3ccccc3)c2=O)cc1. The maximum Gasteiger partial charge on any atom is 0.295 e. The molecule has 0 bridgehead atoms. The van der Waals surface area contributed by atoms with Crippen LogP contribution in [0.5, 0.6) is 0 Å². The lowest BCUT2D eigenvalue weighted by Gasteiger charge is -2.25. The number of thioether (sulfide) groups is 1. The molecule has 7 heteroatoms. The molecule has 2 atom stereocenters. The first-order valence-corrected chi connectivity index (χ1v) is 12.0. The first-order valence-electron chi connectivity index (χ1n) is 11.1. The number of carbonyl (C=O) groups is 1. The number of carbonyl (C=O) groups excluding carboxylic acids is 1. The molecule has 1 aliphatic heterocycles.